The van der Waals surface area contributed by atoms with Gasteiger partial charge in [0.2, 0.25) is 5.91 Å². The number of anilines is 1. The third-order valence-corrected chi connectivity index (χ3v) is 5.65. The van der Waals surface area contributed by atoms with E-state index in [9.17, 15) is 14.7 Å². The van der Waals surface area contributed by atoms with Gasteiger partial charge in [-0.3, -0.25) is 4.79 Å². The summed E-state index contributed by atoms with van der Waals surface area (Å²) in [4.78, 5) is 28.4. The van der Waals surface area contributed by atoms with Crippen molar-refractivity contribution in [2.24, 2.45) is 0 Å². The van der Waals surface area contributed by atoms with E-state index in [-0.39, 0.29) is 11.6 Å². The molecule has 1 amide bonds. The van der Waals surface area contributed by atoms with Crippen molar-refractivity contribution in [3.8, 4) is 10.6 Å². The Morgan fingerprint density at radius 1 is 1.14 bits per heavy atom. The van der Waals surface area contributed by atoms with E-state index in [0.29, 0.717) is 5.69 Å². The number of carboxylic acid groups (broad SMARTS) is 1. The molecule has 0 aliphatic carbocycles. The number of aromatic carboxylic acids is 1. The van der Waals surface area contributed by atoms with Crippen LogP contribution in [0.4, 0.5) is 5.69 Å². The van der Waals surface area contributed by atoms with E-state index in [1.54, 1.807) is 30.4 Å². The molecule has 8 heteroatoms. The van der Waals surface area contributed by atoms with Gasteiger partial charge in [-0.15, -0.1) is 11.3 Å². The number of rotatable bonds is 5. The van der Waals surface area contributed by atoms with E-state index in [1.807, 2.05) is 24.3 Å². The highest BCUT2D eigenvalue weighted by molar-refractivity contribution is 7.21. The fourth-order valence-corrected chi connectivity index (χ4v) is 4.07. The molecule has 0 aliphatic rings. The van der Waals surface area contributed by atoms with Crippen LogP contribution in [0.2, 0.25) is 0 Å². The molecule has 2 heterocycles. The monoisotopic (exact) mass is 406 g/mol. The summed E-state index contributed by atoms with van der Waals surface area (Å²) in [6.45, 7) is 3.66. The van der Waals surface area contributed by atoms with Crippen molar-refractivity contribution < 1.29 is 14.7 Å². The van der Waals surface area contributed by atoms with Gasteiger partial charge in [0, 0.05) is 17.4 Å². The quantitative estimate of drug-likeness (QED) is 0.513. The highest BCUT2D eigenvalue weighted by atomic mass is 32.1. The summed E-state index contributed by atoms with van der Waals surface area (Å²) in [6.07, 6.45) is 1.36. The minimum absolute atomic E-state index is 0.0333. The molecule has 0 saturated heterocycles. The minimum Gasteiger partial charge on any atom is -0.477 e. The molecule has 0 fully saturated rings. The SMILES string of the molecule is Cc1ccc2nc(-c3ccc(NC(=O)C(C)n4nccc4C(=O)O)cc3)sc2c1. The van der Waals surface area contributed by atoms with Crippen LogP contribution in [0.3, 0.4) is 0 Å². The van der Waals surface area contributed by atoms with Gasteiger partial charge >= 0.3 is 5.97 Å². The number of fused-ring (bicyclic) bond motifs is 1. The normalized spacial score (nSPS) is 12.1. The number of benzene rings is 2. The standard InChI is InChI=1S/C21H18N4O3S/c1-12-3-8-16-18(11-12)29-20(24-16)14-4-6-15(7-5-14)23-19(26)13(2)25-17(21(27)28)9-10-22-25/h3-11,13H,1-2H3,(H,23,26)(H,27,28). The first kappa shape index (κ1) is 18.8. The third-order valence-electron chi connectivity index (χ3n) is 4.58. The topological polar surface area (TPSA) is 97.1 Å². The van der Waals surface area contributed by atoms with Crippen molar-refractivity contribution in [2.75, 3.05) is 5.32 Å². The molecule has 7 nitrogen and oxygen atoms in total. The molecule has 0 spiro atoms. The molecule has 2 N–H and O–H groups in total. The first-order valence-electron chi connectivity index (χ1n) is 8.97. The van der Waals surface area contributed by atoms with Crippen LogP contribution in [-0.2, 0) is 4.79 Å². The van der Waals surface area contributed by atoms with Gasteiger partial charge in [-0.05, 0) is 61.9 Å². The van der Waals surface area contributed by atoms with Crippen LogP contribution in [0.25, 0.3) is 20.8 Å². The number of hydrogen-bond donors (Lipinski definition) is 2. The van der Waals surface area contributed by atoms with Gasteiger partial charge in [0.05, 0.1) is 10.2 Å². The van der Waals surface area contributed by atoms with Crippen molar-refractivity contribution in [2.45, 2.75) is 19.9 Å². The molecular weight excluding hydrogens is 388 g/mol. The average Bonchev–Trinajstić information content (AvgIpc) is 3.34. The number of carbonyl (C=O) groups excluding carboxylic acids is 1. The molecule has 0 radical (unpaired) electrons. The maximum Gasteiger partial charge on any atom is 0.354 e. The number of nitrogens with one attached hydrogen (secondary N) is 1. The highest BCUT2D eigenvalue weighted by Crippen LogP contribution is 2.31. The fraction of sp³-hybridized carbons (Fsp3) is 0.143. The van der Waals surface area contributed by atoms with E-state index >= 15 is 0 Å². The summed E-state index contributed by atoms with van der Waals surface area (Å²) in [5.41, 5.74) is 3.72. The van der Waals surface area contributed by atoms with Crippen LogP contribution in [0, 0.1) is 6.92 Å². The number of carbonyl (C=O) groups is 2. The van der Waals surface area contributed by atoms with Gasteiger partial charge in [-0.2, -0.15) is 5.10 Å². The van der Waals surface area contributed by atoms with Crippen molar-refractivity contribution in [1.82, 2.24) is 14.8 Å². The van der Waals surface area contributed by atoms with Gasteiger partial charge in [-0.25, -0.2) is 14.5 Å². The van der Waals surface area contributed by atoms with Gasteiger partial charge in [0.1, 0.15) is 16.7 Å². The summed E-state index contributed by atoms with van der Waals surface area (Å²) >= 11 is 1.63. The van der Waals surface area contributed by atoms with E-state index in [0.717, 1.165) is 20.8 Å². The van der Waals surface area contributed by atoms with E-state index < -0.39 is 12.0 Å². The summed E-state index contributed by atoms with van der Waals surface area (Å²) in [7, 11) is 0. The Balaban J connectivity index is 1.50. The molecular formula is C21H18N4O3S. The third kappa shape index (κ3) is 3.74. The fourth-order valence-electron chi connectivity index (χ4n) is 3.00. The van der Waals surface area contributed by atoms with Gasteiger partial charge in [0.25, 0.3) is 0 Å². The van der Waals surface area contributed by atoms with E-state index in [2.05, 4.69) is 28.4 Å². The Morgan fingerprint density at radius 2 is 1.90 bits per heavy atom. The summed E-state index contributed by atoms with van der Waals surface area (Å²) in [6, 6.07) is 14.2. The van der Waals surface area contributed by atoms with Crippen molar-refractivity contribution in [3.05, 3.63) is 66.0 Å². The van der Waals surface area contributed by atoms with Crippen molar-refractivity contribution >= 4 is 39.1 Å². The predicted molar refractivity (Wildman–Crippen MR) is 112 cm³/mol. The zero-order chi connectivity index (χ0) is 20.5. The number of nitrogens with zero attached hydrogens (tertiary/aromatic N) is 3. The first-order chi connectivity index (χ1) is 13.9. The maximum atomic E-state index is 12.5. The summed E-state index contributed by atoms with van der Waals surface area (Å²) in [5, 5.41) is 16.8. The molecule has 29 heavy (non-hydrogen) atoms. The minimum atomic E-state index is -1.13. The van der Waals surface area contributed by atoms with E-state index in [1.165, 1.54) is 22.5 Å². The number of aromatic nitrogens is 3. The molecule has 1 atom stereocenters. The zero-order valence-corrected chi connectivity index (χ0v) is 16.6. The number of thiazole rings is 1. The number of aryl methyl sites for hydroxylation is 1. The molecule has 0 aliphatic heterocycles. The Kier molecular flexibility index (Phi) is 4.85. The molecule has 0 bridgehead atoms. The van der Waals surface area contributed by atoms with Crippen LogP contribution in [0.1, 0.15) is 29.0 Å². The molecule has 146 valence electrons. The lowest BCUT2D eigenvalue weighted by Crippen LogP contribution is -2.26. The summed E-state index contributed by atoms with van der Waals surface area (Å²) < 4.78 is 2.33. The van der Waals surface area contributed by atoms with E-state index in [4.69, 9.17) is 0 Å². The van der Waals surface area contributed by atoms with Crippen molar-refractivity contribution in [3.63, 3.8) is 0 Å². The molecule has 2 aromatic heterocycles. The molecule has 2 aromatic carbocycles. The number of amides is 1. The number of carboxylic acids is 1. The van der Waals surface area contributed by atoms with Crippen molar-refractivity contribution in [1.29, 1.82) is 0 Å². The Labute approximate surface area is 170 Å². The van der Waals surface area contributed by atoms with Gasteiger partial charge < -0.3 is 10.4 Å². The molecule has 4 aromatic rings. The predicted octanol–water partition coefficient (Wildman–Crippen LogP) is 4.37. The van der Waals surface area contributed by atoms with Gasteiger partial charge in [0.15, 0.2) is 0 Å². The second-order valence-electron chi connectivity index (χ2n) is 6.70. The van der Waals surface area contributed by atoms with Gasteiger partial charge in [-0.1, -0.05) is 6.07 Å². The Bertz CT molecular complexity index is 1210. The highest BCUT2D eigenvalue weighted by Gasteiger charge is 2.21. The van der Waals surface area contributed by atoms with Crippen LogP contribution >= 0.6 is 11.3 Å². The second kappa shape index (κ2) is 7.48. The van der Waals surface area contributed by atoms with Crippen LogP contribution in [0.5, 0.6) is 0 Å². The Hall–Kier alpha value is -3.52. The lowest BCUT2D eigenvalue weighted by atomic mass is 10.2. The smallest absolute Gasteiger partial charge is 0.354 e. The first-order valence-corrected chi connectivity index (χ1v) is 9.79. The second-order valence-corrected chi connectivity index (χ2v) is 7.73. The van der Waals surface area contributed by atoms with Crippen LogP contribution < -0.4 is 5.32 Å². The Morgan fingerprint density at radius 3 is 2.62 bits per heavy atom. The number of hydrogen-bond acceptors (Lipinski definition) is 5. The van der Waals surface area contributed by atoms with Crippen LogP contribution in [-0.4, -0.2) is 31.7 Å². The molecule has 1 unspecified atom stereocenters. The summed E-state index contributed by atoms with van der Waals surface area (Å²) in [5.74, 6) is -1.48. The maximum absolute atomic E-state index is 12.5. The molecule has 0 saturated carbocycles. The lowest BCUT2D eigenvalue weighted by molar-refractivity contribution is -0.119. The molecule has 4 rings (SSSR count). The van der Waals surface area contributed by atoms with Crippen LogP contribution in [0.15, 0.2) is 54.7 Å². The lowest BCUT2D eigenvalue weighted by Gasteiger charge is -2.14. The average molecular weight is 406 g/mol. The zero-order valence-electron chi connectivity index (χ0n) is 15.8. The largest absolute Gasteiger partial charge is 0.477 e.